The molecule has 0 radical (unpaired) electrons. The molecule has 0 aliphatic carbocycles. The average Bonchev–Trinajstić information content (AvgIpc) is 3.36. The lowest BCUT2D eigenvalue weighted by atomic mass is 10.1. The van der Waals surface area contributed by atoms with Gasteiger partial charge in [0.15, 0.2) is 0 Å². The van der Waals surface area contributed by atoms with E-state index in [1.165, 1.54) is 36.4 Å². The normalized spacial score (nSPS) is 14.7. The molecule has 0 bridgehead atoms. The number of carbonyl (C=O) groups is 1. The number of nitrogens with one attached hydrogen (secondary N) is 2. The monoisotopic (exact) mass is 365 g/mol. The number of aryl methyl sites for hydroxylation is 1. The van der Waals surface area contributed by atoms with E-state index in [9.17, 15) is 4.79 Å². The van der Waals surface area contributed by atoms with Crippen LogP contribution in [0.4, 0.5) is 5.69 Å². The Balaban J connectivity index is 1.49. The minimum Gasteiger partial charge on any atom is -0.366 e. The maximum absolute atomic E-state index is 12.8. The first kappa shape index (κ1) is 17.1. The van der Waals surface area contributed by atoms with E-state index in [1.807, 2.05) is 18.3 Å². The van der Waals surface area contributed by atoms with Crippen LogP contribution in [0.5, 0.6) is 0 Å². The van der Waals surface area contributed by atoms with E-state index < -0.39 is 0 Å². The molecule has 0 atom stereocenters. The zero-order chi connectivity index (χ0) is 17.9. The van der Waals surface area contributed by atoms with Gasteiger partial charge >= 0.3 is 0 Å². The predicted molar refractivity (Wildman–Crippen MR) is 108 cm³/mol. The van der Waals surface area contributed by atoms with Crippen molar-refractivity contribution in [3.05, 3.63) is 64.8 Å². The fourth-order valence-corrected chi connectivity index (χ4v) is 4.38. The molecule has 1 aliphatic rings. The predicted octanol–water partition coefficient (Wildman–Crippen LogP) is 4.90. The largest absolute Gasteiger partial charge is 0.366 e. The first-order valence-electron chi connectivity index (χ1n) is 9.05. The number of amides is 1. The molecule has 0 unspecified atom stereocenters. The average molecular weight is 366 g/mol. The molecule has 134 valence electrons. The summed E-state index contributed by atoms with van der Waals surface area (Å²) in [7, 11) is 0. The highest BCUT2D eigenvalue weighted by Gasteiger charge is 2.16. The van der Waals surface area contributed by atoms with Gasteiger partial charge in [0.2, 0.25) is 0 Å². The van der Waals surface area contributed by atoms with Gasteiger partial charge in [-0.1, -0.05) is 12.1 Å². The Morgan fingerprint density at radius 2 is 2.04 bits per heavy atom. The van der Waals surface area contributed by atoms with Gasteiger partial charge in [-0.2, -0.15) is 0 Å². The number of hydrogen-bond acceptors (Lipinski definition) is 3. The van der Waals surface area contributed by atoms with Gasteiger partial charge in [-0.25, -0.2) is 0 Å². The van der Waals surface area contributed by atoms with E-state index in [4.69, 9.17) is 0 Å². The summed E-state index contributed by atoms with van der Waals surface area (Å²) < 4.78 is 0. The molecule has 1 amide bonds. The third-order valence-electron chi connectivity index (χ3n) is 4.79. The van der Waals surface area contributed by atoms with Crippen LogP contribution in [0.3, 0.4) is 0 Å². The SMILES string of the molecule is Cc1ccc(-c2c[nH]cc2C(=O)Nc2cccc(CN3CCCC3)c2)s1. The molecule has 4 rings (SSSR count). The van der Waals surface area contributed by atoms with Crippen LogP contribution in [-0.2, 0) is 6.54 Å². The number of aromatic amines is 1. The van der Waals surface area contributed by atoms with Crippen LogP contribution in [0, 0.1) is 6.92 Å². The van der Waals surface area contributed by atoms with E-state index in [2.05, 4.69) is 46.4 Å². The molecule has 0 saturated carbocycles. The Hall–Kier alpha value is -2.37. The van der Waals surface area contributed by atoms with E-state index in [0.717, 1.165) is 22.7 Å². The van der Waals surface area contributed by atoms with Crippen LogP contribution < -0.4 is 5.32 Å². The Morgan fingerprint density at radius 3 is 2.81 bits per heavy atom. The Kier molecular flexibility index (Phi) is 4.91. The fourth-order valence-electron chi connectivity index (χ4n) is 3.48. The lowest BCUT2D eigenvalue weighted by Gasteiger charge is -2.15. The summed E-state index contributed by atoms with van der Waals surface area (Å²) in [5.41, 5.74) is 3.72. The highest BCUT2D eigenvalue weighted by atomic mass is 32.1. The van der Waals surface area contributed by atoms with E-state index in [0.29, 0.717) is 5.56 Å². The third-order valence-corrected chi connectivity index (χ3v) is 5.82. The van der Waals surface area contributed by atoms with Crippen LogP contribution in [0.15, 0.2) is 48.8 Å². The van der Waals surface area contributed by atoms with Crippen molar-refractivity contribution in [2.24, 2.45) is 0 Å². The molecular formula is C21H23N3OS. The maximum Gasteiger partial charge on any atom is 0.257 e. The second-order valence-corrected chi connectivity index (χ2v) is 8.12. The number of anilines is 1. The molecule has 2 N–H and O–H groups in total. The van der Waals surface area contributed by atoms with Gasteiger partial charge in [0.1, 0.15) is 0 Å². The van der Waals surface area contributed by atoms with Gasteiger partial charge in [-0.05, 0) is 62.7 Å². The summed E-state index contributed by atoms with van der Waals surface area (Å²) in [6.45, 7) is 5.37. The molecular weight excluding hydrogens is 342 g/mol. The number of benzene rings is 1. The summed E-state index contributed by atoms with van der Waals surface area (Å²) in [5, 5.41) is 3.05. The zero-order valence-electron chi connectivity index (χ0n) is 14.9. The first-order valence-corrected chi connectivity index (χ1v) is 9.87. The number of thiophene rings is 1. The van der Waals surface area contributed by atoms with Gasteiger partial charge in [0.25, 0.3) is 5.91 Å². The van der Waals surface area contributed by atoms with E-state index in [-0.39, 0.29) is 5.91 Å². The van der Waals surface area contributed by atoms with Crippen LogP contribution >= 0.6 is 11.3 Å². The molecule has 1 saturated heterocycles. The van der Waals surface area contributed by atoms with Crippen molar-refractivity contribution in [1.29, 1.82) is 0 Å². The molecule has 2 aromatic heterocycles. The molecule has 4 nitrogen and oxygen atoms in total. The molecule has 1 aliphatic heterocycles. The Bertz CT molecular complexity index is 905. The molecule has 3 heterocycles. The van der Waals surface area contributed by atoms with Crippen molar-refractivity contribution in [3.63, 3.8) is 0 Å². The standard InChI is InChI=1S/C21H23N3OS/c1-15-7-8-20(26-15)18-12-22-13-19(18)21(25)23-17-6-4-5-16(11-17)14-24-9-2-3-10-24/h4-8,11-13,22H,2-3,9-10,14H2,1H3,(H,23,25). The second kappa shape index (κ2) is 7.48. The Labute approximate surface area is 157 Å². The molecule has 0 spiro atoms. The van der Waals surface area contributed by atoms with Gasteiger partial charge in [0.05, 0.1) is 5.56 Å². The smallest absolute Gasteiger partial charge is 0.257 e. The minimum atomic E-state index is -0.0781. The van der Waals surface area contributed by atoms with Gasteiger partial charge in [-0.3, -0.25) is 9.69 Å². The number of rotatable bonds is 5. The zero-order valence-corrected chi connectivity index (χ0v) is 15.7. The molecule has 3 aromatic rings. The summed E-state index contributed by atoms with van der Waals surface area (Å²) in [4.78, 5) is 20.7. The molecule has 1 fully saturated rings. The van der Waals surface area contributed by atoms with Crippen molar-refractivity contribution < 1.29 is 4.79 Å². The maximum atomic E-state index is 12.8. The van der Waals surface area contributed by atoms with Crippen molar-refractivity contribution in [1.82, 2.24) is 9.88 Å². The third kappa shape index (κ3) is 3.74. The lowest BCUT2D eigenvalue weighted by molar-refractivity contribution is 0.102. The van der Waals surface area contributed by atoms with Crippen molar-refractivity contribution in [3.8, 4) is 10.4 Å². The summed E-state index contributed by atoms with van der Waals surface area (Å²) in [6, 6.07) is 12.3. The van der Waals surface area contributed by atoms with Gasteiger partial charge < -0.3 is 10.3 Å². The van der Waals surface area contributed by atoms with Crippen molar-refractivity contribution in [2.75, 3.05) is 18.4 Å². The Morgan fingerprint density at radius 1 is 1.19 bits per heavy atom. The van der Waals surface area contributed by atoms with Crippen LogP contribution in [0.1, 0.15) is 33.6 Å². The first-order chi connectivity index (χ1) is 12.7. The number of aromatic nitrogens is 1. The molecule has 5 heteroatoms. The van der Waals surface area contributed by atoms with Crippen molar-refractivity contribution >= 4 is 22.9 Å². The number of H-pyrrole nitrogens is 1. The van der Waals surface area contributed by atoms with Crippen LogP contribution in [0.2, 0.25) is 0 Å². The lowest BCUT2D eigenvalue weighted by Crippen LogP contribution is -2.18. The highest BCUT2D eigenvalue weighted by molar-refractivity contribution is 7.15. The van der Waals surface area contributed by atoms with Crippen LogP contribution in [-0.4, -0.2) is 28.9 Å². The second-order valence-electron chi connectivity index (χ2n) is 6.83. The number of likely N-dealkylation sites (tertiary alicyclic amines) is 1. The number of carbonyl (C=O) groups excluding carboxylic acids is 1. The van der Waals surface area contributed by atoms with Gasteiger partial charge in [-0.15, -0.1) is 11.3 Å². The fraction of sp³-hybridized carbons (Fsp3) is 0.286. The highest BCUT2D eigenvalue weighted by Crippen LogP contribution is 2.30. The van der Waals surface area contributed by atoms with Gasteiger partial charge in [0, 0.05) is 39.9 Å². The quantitative estimate of drug-likeness (QED) is 0.675. The molecule has 26 heavy (non-hydrogen) atoms. The summed E-state index contributed by atoms with van der Waals surface area (Å²) in [6.07, 6.45) is 6.24. The minimum absolute atomic E-state index is 0.0781. The summed E-state index contributed by atoms with van der Waals surface area (Å²) in [5.74, 6) is -0.0781. The van der Waals surface area contributed by atoms with E-state index >= 15 is 0 Å². The molecule has 1 aromatic carbocycles. The number of nitrogens with zero attached hydrogens (tertiary/aromatic N) is 1. The van der Waals surface area contributed by atoms with Crippen molar-refractivity contribution in [2.45, 2.75) is 26.3 Å². The number of hydrogen-bond donors (Lipinski definition) is 2. The topological polar surface area (TPSA) is 48.1 Å². The van der Waals surface area contributed by atoms with Crippen LogP contribution in [0.25, 0.3) is 10.4 Å². The van der Waals surface area contributed by atoms with E-state index in [1.54, 1.807) is 17.5 Å². The summed E-state index contributed by atoms with van der Waals surface area (Å²) >= 11 is 1.70.